The van der Waals surface area contributed by atoms with E-state index < -0.39 is 11.9 Å². The molecule has 0 unspecified atom stereocenters. The van der Waals surface area contributed by atoms with E-state index in [4.69, 9.17) is 18.9 Å². The molecule has 0 N–H and O–H groups in total. The van der Waals surface area contributed by atoms with Crippen LogP contribution >= 0.6 is 0 Å². The van der Waals surface area contributed by atoms with Crippen molar-refractivity contribution in [2.24, 2.45) is 0 Å². The number of hydrogen-bond donors (Lipinski definition) is 0. The van der Waals surface area contributed by atoms with Gasteiger partial charge in [-0.1, -0.05) is 6.58 Å². The molecule has 0 aliphatic rings. The largest absolute Gasteiger partial charge is 0.402 e. The molecular weight excluding hydrogens is 176 g/mol. The Balaban J connectivity index is 4.36. The van der Waals surface area contributed by atoms with Gasteiger partial charge in [-0.15, -0.1) is 0 Å². The first-order valence-electron chi connectivity index (χ1n) is 3.58. The summed E-state index contributed by atoms with van der Waals surface area (Å²) in [5.41, 5.74) is 0. The predicted octanol–water partition coefficient (Wildman–Crippen LogP) is 0.309. The van der Waals surface area contributed by atoms with Gasteiger partial charge in [0.25, 0.3) is 0 Å². The zero-order valence-corrected chi connectivity index (χ0v) is 8.03. The van der Waals surface area contributed by atoms with Crippen molar-refractivity contribution in [3.05, 3.63) is 12.7 Å². The highest BCUT2D eigenvalue weighted by atomic mass is 16.9. The van der Waals surface area contributed by atoms with E-state index in [0.29, 0.717) is 0 Å². The molecular formula is C8H14O5. The van der Waals surface area contributed by atoms with Gasteiger partial charge in [0.2, 0.25) is 0 Å². The molecule has 0 aromatic heterocycles. The summed E-state index contributed by atoms with van der Waals surface area (Å²) < 4.78 is 19.3. The van der Waals surface area contributed by atoms with E-state index in [1.165, 1.54) is 21.3 Å². The van der Waals surface area contributed by atoms with Gasteiger partial charge >= 0.3 is 11.9 Å². The zero-order valence-electron chi connectivity index (χ0n) is 8.03. The van der Waals surface area contributed by atoms with Gasteiger partial charge in [-0.3, -0.25) is 0 Å². The van der Waals surface area contributed by atoms with Gasteiger partial charge in [-0.05, 0) is 0 Å². The number of ether oxygens (including phenoxy) is 4. The maximum absolute atomic E-state index is 10.9. The first-order chi connectivity index (χ1) is 6.14. The number of methoxy groups -OCH3 is 3. The van der Waals surface area contributed by atoms with Crippen molar-refractivity contribution >= 4 is 5.97 Å². The van der Waals surface area contributed by atoms with E-state index in [2.05, 4.69) is 6.58 Å². The summed E-state index contributed by atoms with van der Waals surface area (Å²) in [6, 6.07) is 0. The lowest BCUT2D eigenvalue weighted by Gasteiger charge is -2.28. The second-order valence-electron chi connectivity index (χ2n) is 2.15. The smallest absolute Gasteiger partial charge is 0.353 e. The molecule has 0 heterocycles. The molecule has 0 amide bonds. The lowest BCUT2D eigenvalue weighted by molar-refractivity contribution is -0.356. The second kappa shape index (κ2) is 5.69. The molecule has 0 aliphatic carbocycles. The van der Waals surface area contributed by atoms with Crippen LogP contribution in [0.15, 0.2) is 12.7 Å². The van der Waals surface area contributed by atoms with Crippen LogP contribution in [0.1, 0.15) is 0 Å². The molecule has 0 aromatic carbocycles. The molecule has 0 rings (SSSR count). The summed E-state index contributed by atoms with van der Waals surface area (Å²) in [5.74, 6) is -2.12. The van der Waals surface area contributed by atoms with Crippen molar-refractivity contribution in [2.45, 2.75) is 5.97 Å². The molecule has 0 atom stereocenters. The highest BCUT2D eigenvalue weighted by Crippen LogP contribution is 2.13. The Bertz CT molecular complexity index is 173. The van der Waals surface area contributed by atoms with Crippen LogP contribution < -0.4 is 0 Å². The van der Waals surface area contributed by atoms with Crippen LogP contribution in [0.3, 0.4) is 0 Å². The Morgan fingerprint density at radius 3 is 2.23 bits per heavy atom. The van der Waals surface area contributed by atoms with Gasteiger partial charge in [-0.2, -0.15) is 0 Å². The first-order valence-corrected chi connectivity index (χ1v) is 3.58. The van der Waals surface area contributed by atoms with Gasteiger partial charge in [0, 0.05) is 27.4 Å². The topological polar surface area (TPSA) is 54.0 Å². The molecule has 5 nitrogen and oxygen atoms in total. The van der Waals surface area contributed by atoms with Gasteiger partial charge in [0.1, 0.15) is 6.61 Å². The number of esters is 1. The van der Waals surface area contributed by atoms with Crippen molar-refractivity contribution in [3.63, 3.8) is 0 Å². The summed E-state index contributed by atoms with van der Waals surface area (Å²) >= 11 is 0. The van der Waals surface area contributed by atoms with E-state index in [-0.39, 0.29) is 6.61 Å². The van der Waals surface area contributed by atoms with Crippen LogP contribution in [-0.2, 0) is 23.7 Å². The maximum atomic E-state index is 10.9. The predicted molar refractivity (Wildman–Crippen MR) is 44.9 cm³/mol. The highest BCUT2D eigenvalue weighted by Gasteiger charge is 2.34. The number of hydrogen-bond acceptors (Lipinski definition) is 5. The Kier molecular flexibility index (Phi) is 5.29. The highest BCUT2D eigenvalue weighted by molar-refractivity contribution is 5.81. The molecule has 0 aromatic rings. The maximum Gasteiger partial charge on any atom is 0.353 e. The fourth-order valence-corrected chi connectivity index (χ4v) is 0.686. The summed E-state index contributed by atoms with van der Waals surface area (Å²) in [7, 11) is 4.13. The third-order valence-electron chi connectivity index (χ3n) is 1.37. The van der Waals surface area contributed by atoms with E-state index in [0.717, 1.165) is 6.08 Å². The fraction of sp³-hybridized carbons (Fsp3) is 0.625. The lowest BCUT2D eigenvalue weighted by Crippen LogP contribution is -2.43. The standard InChI is InChI=1S/C8H14O5/c1-5-7(9)13-8(11-3,12-4)6-10-2/h5H,1,6H2,2-4H3. The fourth-order valence-electron chi connectivity index (χ4n) is 0.686. The van der Waals surface area contributed by atoms with Crippen LogP contribution in [0.2, 0.25) is 0 Å². The van der Waals surface area contributed by atoms with Gasteiger partial charge in [0.05, 0.1) is 0 Å². The Hall–Kier alpha value is -0.910. The molecule has 5 heteroatoms. The molecule has 0 fully saturated rings. The number of carbonyl (C=O) groups is 1. The quantitative estimate of drug-likeness (QED) is 0.343. The second-order valence-corrected chi connectivity index (χ2v) is 2.15. The first kappa shape index (κ1) is 12.1. The monoisotopic (exact) mass is 190 g/mol. The summed E-state index contributed by atoms with van der Waals surface area (Å²) in [5, 5.41) is 0. The van der Waals surface area contributed by atoms with Crippen molar-refractivity contribution in [1.29, 1.82) is 0 Å². The van der Waals surface area contributed by atoms with Crippen LogP contribution in [0.5, 0.6) is 0 Å². The lowest BCUT2D eigenvalue weighted by atomic mass is 10.5. The molecule has 0 spiro atoms. The van der Waals surface area contributed by atoms with Crippen LogP contribution in [0.4, 0.5) is 0 Å². The number of carbonyl (C=O) groups excluding carboxylic acids is 1. The molecule has 0 saturated heterocycles. The third kappa shape index (κ3) is 3.54. The van der Waals surface area contributed by atoms with Gasteiger partial charge < -0.3 is 18.9 Å². The minimum Gasteiger partial charge on any atom is -0.402 e. The van der Waals surface area contributed by atoms with Crippen molar-refractivity contribution in [3.8, 4) is 0 Å². The summed E-state index contributed by atoms with van der Waals surface area (Å²) in [4.78, 5) is 10.9. The molecule has 0 radical (unpaired) electrons. The average molecular weight is 190 g/mol. The summed E-state index contributed by atoms with van der Waals surface area (Å²) in [6.07, 6.45) is 1.02. The SMILES string of the molecule is C=CC(=O)OC(COC)(OC)OC. The zero-order chi connectivity index (χ0) is 10.3. The molecule has 0 bridgehead atoms. The Labute approximate surface area is 77.2 Å². The minimum absolute atomic E-state index is 0.0143. The molecule has 0 aliphatic heterocycles. The van der Waals surface area contributed by atoms with Crippen molar-refractivity contribution < 1.29 is 23.7 Å². The Morgan fingerprint density at radius 1 is 1.38 bits per heavy atom. The normalized spacial score (nSPS) is 11.0. The van der Waals surface area contributed by atoms with E-state index in [1.54, 1.807) is 0 Å². The molecule has 13 heavy (non-hydrogen) atoms. The Morgan fingerprint density at radius 2 is 1.92 bits per heavy atom. The van der Waals surface area contributed by atoms with Gasteiger partial charge in [-0.25, -0.2) is 4.79 Å². The van der Waals surface area contributed by atoms with Crippen molar-refractivity contribution in [2.75, 3.05) is 27.9 Å². The van der Waals surface area contributed by atoms with E-state index in [1.807, 2.05) is 0 Å². The van der Waals surface area contributed by atoms with Crippen LogP contribution in [0.25, 0.3) is 0 Å². The van der Waals surface area contributed by atoms with Crippen LogP contribution in [-0.4, -0.2) is 39.9 Å². The van der Waals surface area contributed by atoms with E-state index in [9.17, 15) is 4.79 Å². The number of rotatable bonds is 6. The van der Waals surface area contributed by atoms with E-state index >= 15 is 0 Å². The minimum atomic E-state index is -1.49. The van der Waals surface area contributed by atoms with Gasteiger partial charge in [0.15, 0.2) is 0 Å². The molecule has 76 valence electrons. The molecule has 0 saturated carbocycles. The third-order valence-corrected chi connectivity index (χ3v) is 1.37. The summed E-state index contributed by atoms with van der Waals surface area (Å²) in [6.45, 7) is 3.23. The van der Waals surface area contributed by atoms with Crippen molar-refractivity contribution in [1.82, 2.24) is 0 Å². The average Bonchev–Trinajstić information content (AvgIpc) is 2.17. The van der Waals surface area contributed by atoms with Crippen LogP contribution in [0, 0.1) is 0 Å².